The first kappa shape index (κ1) is 32.0. The maximum absolute atomic E-state index is 6.65. The summed E-state index contributed by atoms with van der Waals surface area (Å²) in [6, 6.07) is 76.5. The van der Waals surface area contributed by atoms with Gasteiger partial charge < -0.3 is 9.32 Å². The molecule has 0 atom stereocenters. The second-order valence-corrected chi connectivity index (χ2v) is 14.5. The molecule has 0 aliphatic rings. The molecule has 10 aromatic carbocycles. The number of para-hydroxylation sites is 2. The molecule has 11 aromatic rings. The fourth-order valence-electron chi connectivity index (χ4n) is 8.66. The van der Waals surface area contributed by atoms with Gasteiger partial charge in [0, 0.05) is 22.1 Å². The Labute approximate surface area is 325 Å². The molecular weight excluding hydrogens is 679 g/mol. The molecule has 0 aliphatic carbocycles. The molecule has 262 valence electrons. The van der Waals surface area contributed by atoms with Gasteiger partial charge in [0.2, 0.25) is 0 Å². The number of hydrogen-bond acceptors (Lipinski definition) is 2. The van der Waals surface area contributed by atoms with Gasteiger partial charge in [0.1, 0.15) is 5.58 Å². The van der Waals surface area contributed by atoms with E-state index in [2.05, 4.69) is 211 Å². The highest BCUT2D eigenvalue weighted by molar-refractivity contribution is 6.22. The Bertz CT molecular complexity index is 3250. The number of nitrogens with zero attached hydrogens (tertiary/aromatic N) is 1. The van der Waals surface area contributed by atoms with E-state index in [-0.39, 0.29) is 0 Å². The third kappa shape index (κ3) is 5.26. The fraction of sp³-hybridized carbons (Fsp3) is 0. The lowest BCUT2D eigenvalue weighted by molar-refractivity contribution is 0.669. The van der Waals surface area contributed by atoms with Crippen LogP contribution in [0.15, 0.2) is 217 Å². The summed E-state index contributed by atoms with van der Waals surface area (Å²) in [5.74, 6) is 0. The monoisotopic (exact) mass is 713 g/mol. The van der Waals surface area contributed by atoms with Crippen molar-refractivity contribution in [2.45, 2.75) is 0 Å². The van der Waals surface area contributed by atoms with Crippen molar-refractivity contribution in [1.82, 2.24) is 0 Å². The van der Waals surface area contributed by atoms with E-state index in [9.17, 15) is 0 Å². The van der Waals surface area contributed by atoms with Crippen molar-refractivity contribution >= 4 is 71.3 Å². The van der Waals surface area contributed by atoms with Crippen molar-refractivity contribution in [2.75, 3.05) is 4.90 Å². The average molecular weight is 714 g/mol. The van der Waals surface area contributed by atoms with Crippen molar-refractivity contribution in [3.8, 4) is 33.4 Å². The first-order valence-electron chi connectivity index (χ1n) is 19.2. The molecule has 11 rings (SSSR count). The van der Waals surface area contributed by atoms with E-state index in [1.54, 1.807) is 0 Å². The normalized spacial score (nSPS) is 11.6. The summed E-state index contributed by atoms with van der Waals surface area (Å²) in [5.41, 5.74) is 12.1. The minimum absolute atomic E-state index is 0.866. The third-order valence-electron chi connectivity index (χ3n) is 11.2. The molecule has 56 heavy (non-hydrogen) atoms. The van der Waals surface area contributed by atoms with Crippen LogP contribution in [0.2, 0.25) is 0 Å². The largest absolute Gasteiger partial charge is 0.454 e. The van der Waals surface area contributed by atoms with Gasteiger partial charge >= 0.3 is 0 Å². The second-order valence-electron chi connectivity index (χ2n) is 14.5. The Hall–Kier alpha value is -7.42. The zero-order valence-electron chi connectivity index (χ0n) is 30.6. The van der Waals surface area contributed by atoms with Gasteiger partial charge in [-0.25, -0.2) is 0 Å². The smallest absolute Gasteiger partial charge is 0.159 e. The van der Waals surface area contributed by atoms with Crippen molar-refractivity contribution in [2.24, 2.45) is 0 Å². The van der Waals surface area contributed by atoms with Gasteiger partial charge in [-0.3, -0.25) is 0 Å². The first-order chi connectivity index (χ1) is 27.8. The first-order valence-corrected chi connectivity index (χ1v) is 19.2. The summed E-state index contributed by atoms with van der Waals surface area (Å²) >= 11 is 0. The molecule has 0 fully saturated rings. The van der Waals surface area contributed by atoms with Crippen LogP contribution in [-0.2, 0) is 0 Å². The van der Waals surface area contributed by atoms with Crippen LogP contribution in [0.5, 0.6) is 0 Å². The number of benzene rings is 10. The van der Waals surface area contributed by atoms with E-state index in [0.29, 0.717) is 0 Å². The highest BCUT2D eigenvalue weighted by Crippen LogP contribution is 2.47. The maximum atomic E-state index is 6.65. The van der Waals surface area contributed by atoms with Gasteiger partial charge in [0.25, 0.3) is 0 Å². The highest BCUT2D eigenvalue weighted by atomic mass is 16.3. The van der Waals surface area contributed by atoms with E-state index in [0.717, 1.165) is 50.1 Å². The van der Waals surface area contributed by atoms with Crippen molar-refractivity contribution in [1.29, 1.82) is 0 Å². The Morgan fingerprint density at radius 3 is 1.68 bits per heavy atom. The van der Waals surface area contributed by atoms with Gasteiger partial charge in [0.05, 0.1) is 5.69 Å². The summed E-state index contributed by atoms with van der Waals surface area (Å²) in [6.07, 6.45) is 0. The van der Waals surface area contributed by atoms with E-state index in [1.165, 1.54) is 54.6 Å². The van der Waals surface area contributed by atoms with E-state index < -0.39 is 0 Å². The molecule has 0 saturated heterocycles. The van der Waals surface area contributed by atoms with E-state index in [4.69, 9.17) is 4.42 Å². The molecule has 0 amide bonds. The minimum Gasteiger partial charge on any atom is -0.454 e. The molecule has 0 aliphatic heterocycles. The van der Waals surface area contributed by atoms with Crippen molar-refractivity contribution in [3.05, 3.63) is 212 Å². The van der Waals surface area contributed by atoms with Crippen molar-refractivity contribution in [3.63, 3.8) is 0 Å². The van der Waals surface area contributed by atoms with Crippen LogP contribution >= 0.6 is 0 Å². The molecular formula is C54H35NO. The maximum Gasteiger partial charge on any atom is 0.159 e. The fourth-order valence-corrected chi connectivity index (χ4v) is 8.66. The summed E-state index contributed by atoms with van der Waals surface area (Å²) in [7, 11) is 0. The molecule has 0 saturated carbocycles. The average Bonchev–Trinajstić information content (AvgIpc) is 3.66. The van der Waals surface area contributed by atoms with Crippen LogP contribution in [0.4, 0.5) is 17.1 Å². The van der Waals surface area contributed by atoms with Gasteiger partial charge in [-0.1, -0.05) is 170 Å². The second kappa shape index (κ2) is 13.2. The molecule has 2 heteroatoms. The molecule has 1 heterocycles. The quantitative estimate of drug-likeness (QED) is 0.160. The van der Waals surface area contributed by atoms with E-state index in [1.807, 2.05) is 6.07 Å². The van der Waals surface area contributed by atoms with Gasteiger partial charge in [-0.2, -0.15) is 0 Å². The predicted molar refractivity (Wildman–Crippen MR) is 237 cm³/mol. The molecule has 0 bridgehead atoms. The lowest BCUT2D eigenvalue weighted by atomic mass is 9.84. The Balaban J connectivity index is 1.15. The van der Waals surface area contributed by atoms with Gasteiger partial charge in [-0.15, -0.1) is 0 Å². The Morgan fingerprint density at radius 2 is 0.875 bits per heavy atom. The molecule has 0 unspecified atom stereocenters. The van der Waals surface area contributed by atoms with Crippen LogP contribution < -0.4 is 4.90 Å². The third-order valence-corrected chi connectivity index (χ3v) is 11.2. The van der Waals surface area contributed by atoms with Gasteiger partial charge in [-0.05, 0) is 108 Å². The van der Waals surface area contributed by atoms with Crippen LogP contribution in [0.1, 0.15) is 0 Å². The van der Waals surface area contributed by atoms with Crippen LogP contribution in [0.25, 0.3) is 87.6 Å². The number of rotatable bonds is 6. The zero-order valence-corrected chi connectivity index (χ0v) is 30.6. The summed E-state index contributed by atoms with van der Waals surface area (Å²) in [6.45, 7) is 0. The zero-order chi connectivity index (χ0) is 37.0. The summed E-state index contributed by atoms with van der Waals surface area (Å²) < 4.78 is 6.65. The number of hydrogen-bond donors (Lipinski definition) is 0. The number of fused-ring (bicyclic) bond motifs is 7. The Morgan fingerprint density at radius 1 is 0.304 bits per heavy atom. The predicted octanol–water partition coefficient (Wildman–Crippen LogP) is 15.5. The van der Waals surface area contributed by atoms with Crippen LogP contribution in [0, 0.1) is 0 Å². The lowest BCUT2D eigenvalue weighted by Gasteiger charge is -2.26. The van der Waals surface area contributed by atoms with E-state index >= 15 is 0 Å². The molecule has 2 nitrogen and oxygen atoms in total. The van der Waals surface area contributed by atoms with Crippen LogP contribution in [0.3, 0.4) is 0 Å². The SMILES string of the molecule is c1ccc(-c2c(-c3ccccc3)c3cc(-c4cccc(N(c5ccc6ccccc6c5)c5cccc6c5oc5ccccc56)c4)ccc3c3ccccc23)cc1. The molecule has 1 aromatic heterocycles. The van der Waals surface area contributed by atoms with Gasteiger partial charge in [0.15, 0.2) is 5.58 Å². The summed E-state index contributed by atoms with van der Waals surface area (Å²) in [4.78, 5) is 2.35. The van der Waals surface area contributed by atoms with Crippen molar-refractivity contribution < 1.29 is 4.42 Å². The lowest BCUT2D eigenvalue weighted by Crippen LogP contribution is -2.10. The number of anilines is 3. The standard InChI is InChI=1S/C54H35NO/c1-3-16-37(17-4-1)52-47-25-10-9-23-44(47)45-32-30-41(35-49(45)53(52)38-18-5-2-6-19-38)40-21-13-22-42(34-40)55(43-31-29-36-15-7-8-20-39(36)33-43)50-27-14-26-48-46-24-11-12-28-51(46)56-54(48)50/h1-35H. The van der Waals surface area contributed by atoms with Crippen LogP contribution in [-0.4, -0.2) is 0 Å². The summed E-state index contributed by atoms with van der Waals surface area (Å²) in [5, 5.41) is 9.60. The Kier molecular flexibility index (Phi) is 7.53. The number of furan rings is 1. The highest BCUT2D eigenvalue weighted by Gasteiger charge is 2.21. The minimum atomic E-state index is 0.866. The topological polar surface area (TPSA) is 16.4 Å². The molecule has 0 spiro atoms. The molecule has 0 N–H and O–H groups in total. The molecule has 0 radical (unpaired) electrons.